The fraction of sp³-hybridized carbons (Fsp3) is 0.576. The number of carboxylic acids is 2. The smallest absolute Gasteiger partial charge is 0.348 e. The van der Waals surface area contributed by atoms with E-state index in [4.69, 9.17) is 33.9 Å². The number of rotatable bonds is 13. The third-order valence-corrected chi connectivity index (χ3v) is 9.97. The zero-order valence-corrected chi connectivity index (χ0v) is 27.2. The average molecular weight is 691 g/mol. The molecule has 16 nitrogen and oxygen atoms in total. The molecule has 1 fully saturated rings. The molecule has 1 heterocycles. The van der Waals surface area contributed by atoms with Gasteiger partial charge in [0, 0.05) is 5.56 Å². The van der Waals surface area contributed by atoms with Gasteiger partial charge in [0.25, 0.3) is 0 Å². The van der Waals surface area contributed by atoms with Crippen LogP contribution in [0.15, 0.2) is 24.0 Å². The van der Waals surface area contributed by atoms with Gasteiger partial charge in [-0.15, -0.1) is 0 Å². The molecule has 266 valence electrons. The molecule has 2 bridgehead atoms. The van der Waals surface area contributed by atoms with E-state index in [1.165, 1.54) is 7.11 Å². The Labute approximate surface area is 279 Å². The predicted octanol–water partition coefficient (Wildman–Crippen LogP) is 0.944. The highest BCUT2D eigenvalue weighted by atomic mass is 16.6. The Morgan fingerprint density at radius 3 is 2.31 bits per heavy atom. The second-order valence-corrected chi connectivity index (χ2v) is 12.9. The average Bonchev–Trinajstić information content (AvgIpc) is 3.39. The maximum Gasteiger partial charge on any atom is 0.348 e. The van der Waals surface area contributed by atoms with E-state index in [0.29, 0.717) is 24.3 Å². The number of benzene rings is 1. The number of ether oxygens (including phenoxy) is 6. The number of aliphatic hydroxyl groups excluding tert-OH is 1. The molecule has 1 saturated carbocycles. The van der Waals surface area contributed by atoms with Crippen molar-refractivity contribution in [3.05, 3.63) is 35.1 Å². The summed E-state index contributed by atoms with van der Waals surface area (Å²) in [5.41, 5.74) is -0.413. The summed E-state index contributed by atoms with van der Waals surface area (Å²) >= 11 is 0. The maximum absolute atomic E-state index is 13.4. The fourth-order valence-electron chi connectivity index (χ4n) is 7.53. The van der Waals surface area contributed by atoms with Crippen LogP contribution in [-0.4, -0.2) is 99.5 Å². The van der Waals surface area contributed by atoms with Crippen LogP contribution in [0.3, 0.4) is 0 Å². The highest BCUT2D eigenvalue weighted by molar-refractivity contribution is 5.88. The van der Waals surface area contributed by atoms with Crippen molar-refractivity contribution >= 4 is 35.8 Å². The van der Waals surface area contributed by atoms with E-state index in [0.717, 1.165) is 31.4 Å². The summed E-state index contributed by atoms with van der Waals surface area (Å²) in [5.74, 6) is -7.40. The van der Waals surface area contributed by atoms with Crippen LogP contribution in [0, 0.1) is 11.8 Å². The Balaban J connectivity index is 1.38. The first-order valence-corrected chi connectivity index (χ1v) is 15.8. The van der Waals surface area contributed by atoms with Crippen molar-refractivity contribution < 1.29 is 77.6 Å². The zero-order chi connectivity index (χ0) is 36.0. The first-order chi connectivity index (χ1) is 23.0. The molecule has 1 aromatic carbocycles. The third kappa shape index (κ3) is 6.18. The van der Waals surface area contributed by atoms with Crippen LogP contribution >= 0.6 is 0 Å². The molecule has 0 saturated heterocycles. The Bertz CT molecular complexity index is 1600. The number of methoxy groups -OCH3 is 1. The number of hydrogen-bond acceptors (Lipinski definition) is 14. The minimum absolute atomic E-state index is 0.0495. The summed E-state index contributed by atoms with van der Waals surface area (Å²) in [6.07, 6.45) is -7.01. The van der Waals surface area contributed by atoms with E-state index in [2.05, 4.69) is 11.7 Å². The second kappa shape index (κ2) is 13.3. The number of carboxylic acid groups (broad SMARTS) is 2. The Hall–Kier alpha value is -4.70. The Kier molecular flexibility index (Phi) is 9.67. The molecular formula is C33H38O16. The lowest BCUT2D eigenvalue weighted by atomic mass is 9.45. The van der Waals surface area contributed by atoms with E-state index in [9.17, 15) is 39.0 Å². The molecule has 49 heavy (non-hydrogen) atoms. The summed E-state index contributed by atoms with van der Waals surface area (Å²) in [4.78, 5) is 73.3. The Morgan fingerprint density at radius 1 is 0.959 bits per heavy atom. The minimum Gasteiger partial charge on any atom is -0.493 e. The van der Waals surface area contributed by atoms with Gasteiger partial charge in [0.05, 0.1) is 31.0 Å². The summed E-state index contributed by atoms with van der Waals surface area (Å²) in [5, 5.41) is 39.9. The van der Waals surface area contributed by atoms with E-state index in [1.54, 1.807) is 12.1 Å². The van der Waals surface area contributed by atoms with Gasteiger partial charge in [-0.1, -0.05) is 13.0 Å². The van der Waals surface area contributed by atoms with Crippen LogP contribution in [-0.2, 0) is 59.6 Å². The highest BCUT2D eigenvalue weighted by Crippen LogP contribution is 2.68. The molecule has 0 aromatic heterocycles. The van der Waals surface area contributed by atoms with Gasteiger partial charge in [0.1, 0.15) is 5.76 Å². The monoisotopic (exact) mass is 690 g/mol. The van der Waals surface area contributed by atoms with E-state index in [-0.39, 0.29) is 24.0 Å². The molecule has 1 spiro atoms. The molecule has 1 unspecified atom stereocenters. The Morgan fingerprint density at radius 2 is 1.65 bits per heavy atom. The van der Waals surface area contributed by atoms with Crippen molar-refractivity contribution in [2.75, 3.05) is 7.11 Å². The minimum atomic E-state index is -2.19. The van der Waals surface area contributed by atoms with Crippen LogP contribution in [0.2, 0.25) is 0 Å². The zero-order valence-electron chi connectivity index (χ0n) is 27.2. The topological polar surface area (TPSA) is 239 Å². The van der Waals surface area contributed by atoms with E-state index in [1.807, 2.05) is 6.07 Å². The van der Waals surface area contributed by atoms with Crippen molar-refractivity contribution in [3.63, 3.8) is 0 Å². The largest absolute Gasteiger partial charge is 0.493 e. The molecule has 16 heteroatoms. The first-order valence-electron chi connectivity index (χ1n) is 15.8. The lowest BCUT2D eigenvalue weighted by molar-refractivity contribution is -0.184. The van der Waals surface area contributed by atoms with E-state index < -0.39 is 90.2 Å². The molecule has 3 aliphatic carbocycles. The van der Waals surface area contributed by atoms with Gasteiger partial charge in [-0.25, -0.2) is 19.2 Å². The molecule has 4 N–H and O–H groups in total. The van der Waals surface area contributed by atoms with Gasteiger partial charge < -0.3 is 48.8 Å². The van der Waals surface area contributed by atoms with Crippen LogP contribution in [0.5, 0.6) is 11.5 Å². The van der Waals surface area contributed by atoms with Gasteiger partial charge in [-0.3, -0.25) is 9.59 Å². The number of aliphatic carboxylic acids is 2. The molecular weight excluding hydrogens is 652 g/mol. The molecule has 0 radical (unpaired) electrons. The summed E-state index contributed by atoms with van der Waals surface area (Å²) in [6.45, 7) is 4.21. The van der Waals surface area contributed by atoms with Gasteiger partial charge in [-0.05, 0) is 69.1 Å². The summed E-state index contributed by atoms with van der Waals surface area (Å²) in [7, 11) is 1.49. The lowest BCUT2D eigenvalue weighted by Crippen LogP contribution is -2.69. The van der Waals surface area contributed by atoms with E-state index >= 15 is 0 Å². The van der Waals surface area contributed by atoms with Gasteiger partial charge in [0.15, 0.2) is 35.9 Å². The van der Waals surface area contributed by atoms with Gasteiger partial charge in [-0.2, -0.15) is 0 Å². The molecule has 0 amide bonds. The quantitative estimate of drug-likeness (QED) is 0.166. The molecule has 1 aromatic rings. The molecule has 1 aliphatic heterocycles. The van der Waals surface area contributed by atoms with Crippen molar-refractivity contribution in [1.29, 1.82) is 0 Å². The second-order valence-electron chi connectivity index (χ2n) is 12.9. The van der Waals surface area contributed by atoms with Crippen LogP contribution in [0.25, 0.3) is 0 Å². The molecule has 5 rings (SSSR count). The SMILES string of the molecule is COc1ccc2c3c1O[C@H]1C(OC(=O)C[C@H](OC(=O)C[C@H](O)C(=O)O)C(=O)O[C@@H](C)C(=O)O[C@@H](C)C(=O)O)=CC[C@@]4(O)[C@@H](C2)C(C)CC[C@]314. The van der Waals surface area contributed by atoms with Crippen molar-refractivity contribution in [2.45, 2.75) is 101 Å². The molecule has 4 aliphatic rings. The number of esters is 4. The fourth-order valence-corrected chi connectivity index (χ4v) is 7.53. The number of carbonyl (C=O) groups is 6. The maximum atomic E-state index is 13.4. The van der Waals surface area contributed by atoms with Crippen molar-refractivity contribution in [3.8, 4) is 11.5 Å². The third-order valence-electron chi connectivity index (χ3n) is 9.97. The normalized spacial score (nSPS) is 28.2. The predicted molar refractivity (Wildman–Crippen MR) is 160 cm³/mol. The lowest BCUT2D eigenvalue weighted by Gasteiger charge is -2.61. The highest BCUT2D eigenvalue weighted by Gasteiger charge is 2.72. The van der Waals surface area contributed by atoms with Gasteiger partial charge >= 0.3 is 35.8 Å². The summed E-state index contributed by atoms with van der Waals surface area (Å²) < 4.78 is 32.4. The van der Waals surface area contributed by atoms with Crippen LogP contribution in [0.4, 0.5) is 0 Å². The van der Waals surface area contributed by atoms with Crippen LogP contribution < -0.4 is 9.47 Å². The number of hydrogen-bond donors (Lipinski definition) is 4. The van der Waals surface area contributed by atoms with Crippen molar-refractivity contribution in [2.24, 2.45) is 11.8 Å². The standard InChI is InChI=1S/C33H38O16/c1-14-7-9-32-25-17-5-6-20(44-4)26(25)49-27(32)21(8-10-33(32,43)18(14)11-17)47-24(36)13-22(48-23(35)12-19(34)29(39)40)31(42)46-16(3)30(41)45-15(2)28(37)38/h5-6,8,14-16,18-19,22,27,34,43H,7,9-13H2,1-4H3,(H,37,38)(H,39,40)/t14?,15-,16-,18-,19-,22-,27-,32-,33+/m0/s1. The summed E-state index contributed by atoms with van der Waals surface area (Å²) in [6, 6.07) is 3.73. The van der Waals surface area contributed by atoms with Crippen molar-refractivity contribution in [1.82, 2.24) is 0 Å². The molecule has 9 atom stereocenters. The number of carbonyl (C=O) groups excluding carboxylic acids is 4. The van der Waals surface area contributed by atoms with Crippen LogP contribution in [0.1, 0.15) is 64.0 Å². The first kappa shape index (κ1) is 35.6. The van der Waals surface area contributed by atoms with Gasteiger partial charge in [0.2, 0.25) is 6.10 Å². The number of aliphatic hydroxyl groups is 2.